The molecular weight excluding hydrogens is 196 g/mol. The van der Waals surface area contributed by atoms with E-state index in [4.69, 9.17) is 5.73 Å². The molecule has 0 spiro atoms. The normalized spacial score (nSPS) is 9.86. The number of benzene rings is 1. The van der Waals surface area contributed by atoms with Crippen molar-refractivity contribution >= 4 is 29.0 Å². The van der Waals surface area contributed by atoms with Crippen LogP contribution in [0, 0.1) is 0 Å². The van der Waals surface area contributed by atoms with Crippen molar-refractivity contribution in [2.24, 2.45) is 0 Å². The molecule has 1 amide bonds. The number of carbonyl (C=O) groups excluding carboxylic acids is 1. The number of hydrogen-bond donors (Lipinski definition) is 1. The Morgan fingerprint density at radius 1 is 1.57 bits per heavy atom. The van der Waals surface area contributed by atoms with Crippen LogP contribution in [0.2, 0.25) is 0 Å². The van der Waals surface area contributed by atoms with E-state index in [1.54, 1.807) is 24.1 Å². The van der Waals surface area contributed by atoms with Gasteiger partial charge in [0.15, 0.2) is 0 Å². The molecule has 0 aromatic heterocycles. The van der Waals surface area contributed by atoms with Crippen LogP contribution in [0.25, 0.3) is 0 Å². The van der Waals surface area contributed by atoms with Gasteiger partial charge in [-0.3, -0.25) is 4.79 Å². The maximum absolute atomic E-state index is 11.5. The van der Waals surface area contributed by atoms with Crippen LogP contribution in [0.15, 0.2) is 24.3 Å². The lowest BCUT2D eigenvalue weighted by Crippen LogP contribution is -2.27. The molecule has 0 radical (unpaired) electrons. The van der Waals surface area contributed by atoms with Gasteiger partial charge >= 0.3 is 0 Å². The van der Waals surface area contributed by atoms with Crippen LogP contribution >= 0.6 is 11.8 Å². The molecule has 0 aliphatic heterocycles. The Balaban J connectivity index is 2.78. The summed E-state index contributed by atoms with van der Waals surface area (Å²) in [5.74, 6) is 0.578. The molecule has 0 aliphatic carbocycles. The lowest BCUT2D eigenvalue weighted by molar-refractivity contribution is -0.115. The van der Waals surface area contributed by atoms with Gasteiger partial charge in [-0.15, -0.1) is 0 Å². The van der Waals surface area contributed by atoms with Crippen LogP contribution in [-0.2, 0) is 4.79 Å². The highest BCUT2D eigenvalue weighted by atomic mass is 32.2. The lowest BCUT2D eigenvalue weighted by Gasteiger charge is -2.16. The predicted molar refractivity (Wildman–Crippen MR) is 62.6 cm³/mol. The fourth-order valence-corrected chi connectivity index (χ4v) is 1.54. The Labute approximate surface area is 88.3 Å². The number of amides is 1. The van der Waals surface area contributed by atoms with Crippen molar-refractivity contribution in [3.8, 4) is 0 Å². The number of carbonyl (C=O) groups is 1. The zero-order valence-corrected chi connectivity index (χ0v) is 9.17. The van der Waals surface area contributed by atoms with E-state index in [0.717, 1.165) is 5.69 Å². The highest BCUT2D eigenvalue weighted by molar-refractivity contribution is 7.99. The van der Waals surface area contributed by atoms with Gasteiger partial charge in [0.05, 0.1) is 5.75 Å². The number of hydrogen-bond acceptors (Lipinski definition) is 3. The minimum atomic E-state index is 0.0862. The monoisotopic (exact) mass is 210 g/mol. The molecule has 3 nitrogen and oxygen atoms in total. The standard InChI is InChI=1S/C10H14N2OS/c1-12(10(13)7-14-2)9-5-3-4-8(11)6-9/h3-6H,7,11H2,1-2H3. The van der Waals surface area contributed by atoms with Gasteiger partial charge in [-0.25, -0.2) is 0 Å². The van der Waals surface area contributed by atoms with Gasteiger partial charge in [0.25, 0.3) is 0 Å². The molecule has 0 unspecified atom stereocenters. The van der Waals surface area contributed by atoms with Crippen molar-refractivity contribution in [1.29, 1.82) is 0 Å². The van der Waals surface area contributed by atoms with Gasteiger partial charge in [-0.1, -0.05) is 6.07 Å². The topological polar surface area (TPSA) is 46.3 Å². The van der Waals surface area contributed by atoms with E-state index in [1.165, 1.54) is 11.8 Å². The first-order valence-electron chi connectivity index (χ1n) is 4.26. The number of rotatable bonds is 3. The third-order valence-electron chi connectivity index (χ3n) is 1.90. The Bertz CT molecular complexity index is 328. The molecule has 2 N–H and O–H groups in total. The number of thioether (sulfide) groups is 1. The molecule has 0 bridgehead atoms. The lowest BCUT2D eigenvalue weighted by atomic mass is 10.2. The van der Waals surface area contributed by atoms with Crippen LogP contribution in [0.5, 0.6) is 0 Å². The quantitative estimate of drug-likeness (QED) is 0.771. The van der Waals surface area contributed by atoms with Crippen molar-refractivity contribution in [2.45, 2.75) is 0 Å². The maximum atomic E-state index is 11.5. The van der Waals surface area contributed by atoms with E-state index in [0.29, 0.717) is 11.4 Å². The van der Waals surface area contributed by atoms with Crippen molar-refractivity contribution in [3.63, 3.8) is 0 Å². The summed E-state index contributed by atoms with van der Waals surface area (Å²) in [5.41, 5.74) is 7.14. The summed E-state index contributed by atoms with van der Waals surface area (Å²) in [6.07, 6.45) is 1.91. The van der Waals surface area contributed by atoms with Crippen molar-refractivity contribution in [3.05, 3.63) is 24.3 Å². The zero-order valence-electron chi connectivity index (χ0n) is 8.36. The average molecular weight is 210 g/mol. The smallest absolute Gasteiger partial charge is 0.236 e. The molecule has 0 heterocycles. The summed E-state index contributed by atoms with van der Waals surface area (Å²) >= 11 is 1.51. The van der Waals surface area contributed by atoms with E-state index in [2.05, 4.69) is 0 Å². The number of nitrogens with zero attached hydrogens (tertiary/aromatic N) is 1. The summed E-state index contributed by atoms with van der Waals surface area (Å²) in [6, 6.07) is 7.30. The van der Waals surface area contributed by atoms with Crippen molar-refractivity contribution in [2.75, 3.05) is 29.7 Å². The van der Waals surface area contributed by atoms with Gasteiger partial charge < -0.3 is 10.6 Å². The van der Waals surface area contributed by atoms with Gasteiger partial charge in [0.2, 0.25) is 5.91 Å². The van der Waals surface area contributed by atoms with E-state index >= 15 is 0 Å². The fourth-order valence-electron chi connectivity index (χ4n) is 1.10. The second-order valence-electron chi connectivity index (χ2n) is 2.98. The molecule has 1 aromatic carbocycles. The molecular formula is C10H14N2OS. The van der Waals surface area contributed by atoms with Crippen LogP contribution in [0.1, 0.15) is 0 Å². The SMILES string of the molecule is CSCC(=O)N(C)c1cccc(N)c1. The molecule has 1 aromatic rings. The first-order valence-corrected chi connectivity index (χ1v) is 5.65. The van der Waals surface area contributed by atoms with Crippen LogP contribution < -0.4 is 10.6 Å². The Morgan fingerprint density at radius 3 is 2.86 bits per heavy atom. The molecule has 0 saturated heterocycles. The van der Waals surface area contributed by atoms with E-state index < -0.39 is 0 Å². The Morgan fingerprint density at radius 2 is 2.29 bits per heavy atom. The highest BCUT2D eigenvalue weighted by Crippen LogP contribution is 2.16. The van der Waals surface area contributed by atoms with Crippen molar-refractivity contribution < 1.29 is 4.79 Å². The van der Waals surface area contributed by atoms with Crippen LogP contribution in [0.3, 0.4) is 0 Å². The summed E-state index contributed by atoms with van der Waals surface area (Å²) in [4.78, 5) is 13.1. The molecule has 0 saturated carbocycles. The van der Waals surface area contributed by atoms with Gasteiger partial charge in [-0.05, 0) is 24.5 Å². The minimum absolute atomic E-state index is 0.0862. The summed E-state index contributed by atoms with van der Waals surface area (Å²) in [5, 5.41) is 0. The van der Waals surface area contributed by atoms with Gasteiger partial charge in [0.1, 0.15) is 0 Å². The molecule has 14 heavy (non-hydrogen) atoms. The minimum Gasteiger partial charge on any atom is -0.399 e. The second-order valence-corrected chi connectivity index (χ2v) is 3.85. The van der Waals surface area contributed by atoms with E-state index in [9.17, 15) is 4.79 Å². The number of anilines is 2. The molecule has 0 atom stereocenters. The van der Waals surface area contributed by atoms with Crippen molar-refractivity contribution in [1.82, 2.24) is 0 Å². The average Bonchev–Trinajstić information content (AvgIpc) is 2.17. The number of nitrogens with two attached hydrogens (primary N) is 1. The Hall–Kier alpha value is -1.16. The van der Waals surface area contributed by atoms with E-state index in [-0.39, 0.29) is 5.91 Å². The Kier molecular flexibility index (Phi) is 3.83. The van der Waals surface area contributed by atoms with Crippen LogP contribution in [0.4, 0.5) is 11.4 Å². The third-order valence-corrected chi connectivity index (χ3v) is 2.44. The van der Waals surface area contributed by atoms with Gasteiger partial charge in [-0.2, -0.15) is 11.8 Å². The summed E-state index contributed by atoms with van der Waals surface area (Å²) in [7, 11) is 1.76. The summed E-state index contributed by atoms with van der Waals surface area (Å²) < 4.78 is 0. The first kappa shape index (κ1) is 10.9. The van der Waals surface area contributed by atoms with E-state index in [1.807, 2.05) is 18.4 Å². The van der Waals surface area contributed by atoms with Crippen LogP contribution in [-0.4, -0.2) is 25.0 Å². The molecule has 4 heteroatoms. The molecule has 1 rings (SSSR count). The third kappa shape index (κ3) is 2.67. The number of nitrogen functional groups attached to an aromatic ring is 1. The summed E-state index contributed by atoms with van der Waals surface area (Å²) in [6.45, 7) is 0. The zero-order chi connectivity index (χ0) is 10.6. The highest BCUT2D eigenvalue weighted by Gasteiger charge is 2.09. The maximum Gasteiger partial charge on any atom is 0.236 e. The molecule has 0 fully saturated rings. The molecule has 76 valence electrons. The molecule has 0 aliphatic rings. The fraction of sp³-hybridized carbons (Fsp3) is 0.300. The van der Waals surface area contributed by atoms with Gasteiger partial charge in [0, 0.05) is 18.4 Å². The predicted octanol–water partition coefficient (Wildman–Crippen LogP) is 1.59. The second kappa shape index (κ2) is 4.91. The first-order chi connectivity index (χ1) is 6.65. The largest absolute Gasteiger partial charge is 0.399 e.